The van der Waals surface area contributed by atoms with Crippen molar-refractivity contribution in [3.63, 3.8) is 0 Å². The van der Waals surface area contributed by atoms with Crippen LogP contribution >= 0.6 is 0 Å². The fourth-order valence-electron chi connectivity index (χ4n) is 1.82. The third-order valence-corrected chi connectivity index (χ3v) is 2.83. The Morgan fingerprint density at radius 2 is 2.05 bits per heavy atom. The van der Waals surface area contributed by atoms with Crippen LogP contribution in [0.25, 0.3) is 11.4 Å². The number of rotatable bonds is 6. The standard InChI is InChI=1S/C15H18FN3O2/c1-10(2)9-13(20)17-8-7-14-18-15(19-21-14)11-3-5-12(16)6-4-11/h3-6,10H,7-9H2,1-2H3,(H,17,20). The van der Waals surface area contributed by atoms with Gasteiger partial charge in [-0.25, -0.2) is 4.39 Å². The van der Waals surface area contributed by atoms with Gasteiger partial charge >= 0.3 is 0 Å². The smallest absolute Gasteiger partial charge is 0.228 e. The van der Waals surface area contributed by atoms with E-state index in [1.54, 1.807) is 12.1 Å². The molecule has 0 aliphatic heterocycles. The van der Waals surface area contributed by atoms with Crippen molar-refractivity contribution in [3.05, 3.63) is 36.0 Å². The Bertz CT molecular complexity index is 593. The average Bonchev–Trinajstić information content (AvgIpc) is 2.87. The molecule has 1 N–H and O–H groups in total. The predicted octanol–water partition coefficient (Wildman–Crippen LogP) is 2.58. The molecule has 112 valence electrons. The zero-order valence-electron chi connectivity index (χ0n) is 12.1. The van der Waals surface area contributed by atoms with Crippen molar-refractivity contribution in [1.29, 1.82) is 0 Å². The first kappa shape index (κ1) is 15.2. The molecule has 0 fully saturated rings. The Labute approximate surface area is 122 Å². The molecule has 1 amide bonds. The summed E-state index contributed by atoms with van der Waals surface area (Å²) in [5, 5.41) is 6.64. The highest BCUT2D eigenvalue weighted by molar-refractivity contribution is 5.76. The molecule has 2 rings (SSSR count). The summed E-state index contributed by atoms with van der Waals surface area (Å²) >= 11 is 0. The first-order valence-corrected chi connectivity index (χ1v) is 6.90. The molecule has 1 heterocycles. The number of halogens is 1. The summed E-state index contributed by atoms with van der Waals surface area (Å²) in [6.07, 6.45) is 0.975. The van der Waals surface area contributed by atoms with Gasteiger partial charge < -0.3 is 9.84 Å². The van der Waals surface area contributed by atoms with Crippen molar-refractivity contribution < 1.29 is 13.7 Å². The summed E-state index contributed by atoms with van der Waals surface area (Å²) in [5.41, 5.74) is 0.690. The Balaban J connectivity index is 1.86. The van der Waals surface area contributed by atoms with Crippen molar-refractivity contribution in [2.24, 2.45) is 5.92 Å². The van der Waals surface area contributed by atoms with Crippen LogP contribution in [0.1, 0.15) is 26.2 Å². The van der Waals surface area contributed by atoms with E-state index in [1.165, 1.54) is 12.1 Å². The van der Waals surface area contributed by atoms with Gasteiger partial charge in [0.25, 0.3) is 0 Å². The van der Waals surface area contributed by atoms with Crippen molar-refractivity contribution in [2.75, 3.05) is 6.54 Å². The van der Waals surface area contributed by atoms with Crippen LogP contribution in [0.3, 0.4) is 0 Å². The van der Waals surface area contributed by atoms with Crippen molar-refractivity contribution in [2.45, 2.75) is 26.7 Å². The fraction of sp³-hybridized carbons (Fsp3) is 0.400. The second kappa shape index (κ2) is 6.97. The molecule has 0 unspecified atom stereocenters. The van der Waals surface area contributed by atoms with Crippen LogP contribution in [0.4, 0.5) is 4.39 Å². The Morgan fingerprint density at radius 1 is 1.33 bits per heavy atom. The maximum Gasteiger partial charge on any atom is 0.228 e. The van der Waals surface area contributed by atoms with Crippen molar-refractivity contribution in [1.82, 2.24) is 15.5 Å². The predicted molar refractivity (Wildman–Crippen MR) is 75.9 cm³/mol. The highest BCUT2D eigenvalue weighted by Gasteiger charge is 2.09. The molecule has 21 heavy (non-hydrogen) atoms. The van der Waals surface area contributed by atoms with Gasteiger partial charge in [-0.1, -0.05) is 19.0 Å². The number of hydrogen-bond acceptors (Lipinski definition) is 4. The maximum absolute atomic E-state index is 12.8. The molecule has 0 bridgehead atoms. The quantitative estimate of drug-likeness (QED) is 0.888. The van der Waals surface area contributed by atoms with E-state index in [0.717, 1.165) is 0 Å². The first-order chi connectivity index (χ1) is 10.0. The molecule has 0 saturated heterocycles. The molecule has 0 aliphatic carbocycles. The number of amides is 1. The van der Waals surface area contributed by atoms with Crippen molar-refractivity contribution in [3.8, 4) is 11.4 Å². The van der Waals surface area contributed by atoms with Gasteiger partial charge in [0.15, 0.2) is 0 Å². The van der Waals surface area contributed by atoms with E-state index in [1.807, 2.05) is 13.8 Å². The lowest BCUT2D eigenvalue weighted by atomic mass is 10.1. The monoisotopic (exact) mass is 291 g/mol. The number of nitrogens with one attached hydrogen (secondary N) is 1. The van der Waals surface area contributed by atoms with Gasteiger partial charge in [-0.2, -0.15) is 4.98 Å². The van der Waals surface area contributed by atoms with Crippen LogP contribution in [0, 0.1) is 11.7 Å². The largest absolute Gasteiger partial charge is 0.356 e. The minimum Gasteiger partial charge on any atom is -0.356 e. The normalized spacial score (nSPS) is 10.9. The molecule has 5 nitrogen and oxygen atoms in total. The molecule has 6 heteroatoms. The zero-order valence-corrected chi connectivity index (χ0v) is 12.1. The van der Waals surface area contributed by atoms with Crippen LogP contribution in [0.2, 0.25) is 0 Å². The SMILES string of the molecule is CC(C)CC(=O)NCCc1nc(-c2ccc(F)cc2)no1. The number of nitrogens with zero attached hydrogens (tertiary/aromatic N) is 2. The van der Waals surface area contributed by atoms with Gasteiger partial charge in [-0.3, -0.25) is 4.79 Å². The Hall–Kier alpha value is -2.24. The van der Waals surface area contributed by atoms with Gasteiger partial charge in [0.1, 0.15) is 5.82 Å². The van der Waals surface area contributed by atoms with E-state index in [2.05, 4.69) is 15.5 Å². The summed E-state index contributed by atoms with van der Waals surface area (Å²) in [5.74, 6) is 0.898. The lowest BCUT2D eigenvalue weighted by Crippen LogP contribution is -2.26. The average molecular weight is 291 g/mol. The number of aromatic nitrogens is 2. The van der Waals surface area contributed by atoms with Crippen LogP contribution in [-0.4, -0.2) is 22.6 Å². The molecule has 0 saturated carbocycles. The van der Waals surface area contributed by atoms with Gasteiger partial charge in [0.05, 0.1) is 0 Å². The van der Waals surface area contributed by atoms with Crippen LogP contribution in [0.15, 0.2) is 28.8 Å². The van der Waals surface area contributed by atoms with Gasteiger partial charge in [0, 0.05) is 24.9 Å². The van der Waals surface area contributed by atoms with E-state index >= 15 is 0 Å². The highest BCUT2D eigenvalue weighted by atomic mass is 19.1. The second-order valence-corrected chi connectivity index (χ2v) is 5.22. The van der Waals surface area contributed by atoms with E-state index in [9.17, 15) is 9.18 Å². The fourth-order valence-corrected chi connectivity index (χ4v) is 1.82. The number of benzene rings is 1. The van der Waals surface area contributed by atoms with E-state index in [-0.39, 0.29) is 11.7 Å². The van der Waals surface area contributed by atoms with Crippen molar-refractivity contribution >= 4 is 5.91 Å². The van der Waals surface area contributed by atoms with E-state index < -0.39 is 0 Å². The van der Waals surface area contributed by atoms with Gasteiger partial charge in [-0.05, 0) is 30.2 Å². The van der Waals surface area contributed by atoms with Crippen LogP contribution in [0.5, 0.6) is 0 Å². The second-order valence-electron chi connectivity index (χ2n) is 5.22. The summed E-state index contributed by atoms with van der Waals surface area (Å²) in [6, 6.07) is 5.87. The lowest BCUT2D eigenvalue weighted by Gasteiger charge is -2.05. The first-order valence-electron chi connectivity index (χ1n) is 6.90. The molecule has 0 radical (unpaired) electrons. The third kappa shape index (κ3) is 4.66. The molecule has 2 aromatic rings. The lowest BCUT2D eigenvalue weighted by molar-refractivity contribution is -0.121. The zero-order chi connectivity index (χ0) is 15.2. The summed E-state index contributed by atoms with van der Waals surface area (Å²) in [7, 11) is 0. The highest BCUT2D eigenvalue weighted by Crippen LogP contribution is 2.16. The summed E-state index contributed by atoms with van der Waals surface area (Å²) in [6.45, 7) is 4.44. The van der Waals surface area contributed by atoms with Gasteiger partial charge in [-0.15, -0.1) is 0 Å². The molecule has 0 spiro atoms. The number of carbonyl (C=O) groups is 1. The van der Waals surface area contributed by atoms with E-state index in [4.69, 9.17) is 4.52 Å². The topological polar surface area (TPSA) is 68.0 Å². The van der Waals surface area contributed by atoms with Gasteiger partial charge in [0.2, 0.25) is 17.6 Å². The molecule has 1 aromatic heterocycles. The van der Waals surface area contributed by atoms with Crippen LogP contribution < -0.4 is 5.32 Å². The summed E-state index contributed by atoms with van der Waals surface area (Å²) < 4.78 is 17.9. The molecular weight excluding hydrogens is 273 g/mol. The minimum absolute atomic E-state index is 0.0169. The number of carbonyl (C=O) groups excluding carboxylic acids is 1. The summed E-state index contributed by atoms with van der Waals surface area (Å²) in [4.78, 5) is 15.7. The molecular formula is C15H18FN3O2. The molecule has 0 atom stereocenters. The third-order valence-electron chi connectivity index (χ3n) is 2.83. The maximum atomic E-state index is 12.8. The Kier molecular flexibility index (Phi) is 5.03. The number of hydrogen-bond donors (Lipinski definition) is 1. The minimum atomic E-state index is -0.310. The van der Waals surface area contributed by atoms with E-state index in [0.29, 0.717) is 42.6 Å². The molecule has 1 aromatic carbocycles. The Morgan fingerprint density at radius 3 is 2.71 bits per heavy atom. The molecule has 0 aliphatic rings. The van der Waals surface area contributed by atoms with Crippen LogP contribution in [-0.2, 0) is 11.2 Å².